The number of aryl methyl sites for hydroxylation is 1. The van der Waals surface area contributed by atoms with Crippen LogP contribution >= 0.6 is 0 Å². The van der Waals surface area contributed by atoms with Crippen molar-refractivity contribution in [2.75, 3.05) is 50.4 Å². The summed E-state index contributed by atoms with van der Waals surface area (Å²) in [6.45, 7) is 7.09. The molecule has 1 aliphatic heterocycles. The number of benzene rings is 1. The molecule has 9 heteroatoms. The smallest absolute Gasteiger partial charge is 0.254 e. The first kappa shape index (κ1) is 23.2. The lowest BCUT2D eigenvalue weighted by Crippen LogP contribution is -2.39. The van der Waals surface area contributed by atoms with Gasteiger partial charge in [0.25, 0.3) is 5.91 Å². The van der Waals surface area contributed by atoms with Crippen molar-refractivity contribution < 1.29 is 17.9 Å². The minimum atomic E-state index is -3.44. The molecule has 1 fully saturated rings. The fourth-order valence-corrected chi connectivity index (χ4v) is 4.14. The summed E-state index contributed by atoms with van der Waals surface area (Å²) in [7, 11) is -3.44. The molecule has 1 aliphatic rings. The number of carbonyl (C=O) groups excluding carboxylic acids is 1. The van der Waals surface area contributed by atoms with E-state index < -0.39 is 10.0 Å². The molecule has 1 aromatic carbocycles. The molecular weight excluding hydrogens is 416 g/mol. The van der Waals surface area contributed by atoms with Crippen molar-refractivity contribution in [2.45, 2.75) is 19.9 Å². The maximum atomic E-state index is 13.4. The zero-order chi connectivity index (χ0) is 22.3. The number of morpholine rings is 1. The Kier molecular flexibility index (Phi) is 8.00. The van der Waals surface area contributed by atoms with Gasteiger partial charge in [-0.1, -0.05) is 6.07 Å². The van der Waals surface area contributed by atoms with Crippen LogP contribution in [0.25, 0.3) is 0 Å². The van der Waals surface area contributed by atoms with Gasteiger partial charge in [-0.25, -0.2) is 8.42 Å². The third-order valence-electron chi connectivity index (χ3n) is 5.20. The Labute approximate surface area is 184 Å². The van der Waals surface area contributed by atoms with Crippen molar-refractivity contribution in [3.63, 3.8) is 0 Å². The number of carbonyl (C=O) groups is 1. The molecule has 0 saturated carbocycles. The summed E-state index contributed by atoms with van der Waals surface area (Å²) >= 11 is 0. The van der Waals surface area contributed by atoms with Crippen LogP contribution in [0.4, 0.5) is 5.69 Å². The highest BCUT2D eigenvalue weighted by Gasteiger charge is 2.19. The summed E-state index contributed by atoms with van der Waals surface area (Å²) in [5.41, 5.74) is 2.63. The van der Waals surface area contributed by atoms with Gasteiger partial charge in [-0.2, -0.15) is 0 Å². The van der Waals surface area contributed by atoms with Crippen LogP contribution in [-0.2, 0) is 21.3 Å². The lowest BCUT2D eigenvalue weighted by molar-refractivity contribution is 0.0355. The number of hydrogen-bond acceptors (Lipinski definition) is 6. The number of nitrogens with zero attached hydrogens (tertiary/aromatic N) is 3. The normalized spacial score (nSPS) is 14.9. The van der Waals surface area contributed by atoms with Gasteiger partial charge in [-0.05, 0) is 48.7 Å². The van der Waals surface area contributed by atoms with Gasteiger partial charge in [0.2, 0.25) is 10.0 Å². The van der Waals surface area contributed by atoms with Crippen molar-refractivity contribution in [1.29, 1.82) is 0 Å². The summed E-state index contributed by atoms with van der Waals surface area (Å²) < 4.78 is 31.2. The highest BCUT2D eigenvalue weighted by atomic mass is 32.2. The Morgan fingerprint density at radius 2 is 1.90 bits per heavy atom. The van der Waals surface area contributed by atoms with Crippen LogP contribution in [0.1, 0.15) is 27.9 Å². The Balaban J connectivity index is 1.75. The number of hydrogen-bond donors (Lipinski definition) is 1. The Bertz CT molecular complexity index is 976. The van der Waals surface area contributed by atoms with E-state index in [2.05, 4.69) is 14.6 Å². The van der Waals surface area contributed by atoms with E-state index in [1.807, 2.05) is 17.0 Å². The monoisotopic (exact) mass is 446 g/mol. The van der Waals surface area contributed by atoms with Gasteiger partial charge < -0.3 is 9.64 Å². The summed E-state index contributed by atoms with van der Waals surface area (Å²) in [6.07, 6.45) is 5.37. The van der Waals surface area contributed by atoms with E-state index in [1.54, 1.807) is 37.5 Å². The van der Waals surface area contributed by atoms with Crippen molar-refractivity contribution in [2.24, 2.45) is 0 Å². The van der Waals surface area contributed by atoms with Crippen LogP contribution in [-0.4, -0.2) is 74.8 Å². The van der Waals surface area contributed by atoms with Crippen LogP contribution in [0.5, 0.6) is 0 Å². The molecule has 0 bridgehead atoms. The SMILES string of the molecule is Cc1ccc(C(=O)N(CCCN2CCOCC2)Cc2ccncc2)cc1NS(C)(=O)=O. The maximum Gasteiger partial charge on any atom is 0.254 e. The van der Waals surface area contributed by atoms with E-state index >= 15 is 0 Å². The minimum absolute atomic E-state index is 0.129. The van der Waals surface area contributed by atoms with Crippen LogP contribution in [0.3, 0.4) is 0 Å². The second-order valence-corrected chi connectivity index (χ2v) is 9.54. The van der Waals surface area contributed by atoms with Crippen LogP contribution in [0.15, 0.2) is 42.7 Å². The lowest BCUT2D eigenvalue weighted by atomic mass is 10.1. The van der Waals surface area contributed by atoms with Gasteiger partial charge in [-0.3, -0.25) is 19.4 Å². The average Bonchev–Trinajstić information content (AvgIpc) is 2.75. The predicted molar refractivity (Wildman–Crippen MR) is 120 cm³/mol. The Morgan fingerprint density at radius 3 is 2.58 bits per heavy atom. The number of ether oxygens (including phenoxy) is 1. The average molecular weight is 447 g/mol. The minimum Gasteiger partial charge on any atom is -0.379 e. The summed E-state index contributed by atoms with van der Waals surface area (Å²) in [5.74, 6) is -0.129. The molecule has 2 aromatic rings. The van der Waals surface area contributed by atoms with E-state index in [-0.39, 0.29) is 5.91 Å². The van der Waals surface area contributed by atoms with E-state index in [0.29, 0.717) is 24.3 Å². The lowest BCUT2D eigenvalue weighted by Gasteiger charge is -2.28. The fraction of sp³-hybridized carbons (Fsp3) is 0.455. The molecule has 31 heavy (non-hydrogen) atoms. The highest BCUT2D eigenvalue weighted by Crippen LogP contribution is 2.20. The highest BCUT2D eigenvalue weighted by molar-refractivity contribution is 7.92. The number of nitrogens with one attached hydrogen (secondary N) is 1. The molecule has 1 aromatic heterocycles. The van der Waals surface area contributed by atoms with E-state index in [1.165, 1.54) is 0 Å². The quantitative estimate of drug-likeness (QED) is 0.634. The predicted octanol–water partition coefficient (Wildman–Crippen LogP) is 2.13. The first-order chi connectivity index (χ1) is 14.8. The second kappa shape index (κ2) is 10.7. The number of sulfonamides is 1. The van der Waals surface area contributed by atoms with Crippen molar-refractivity contribution in [3.05, 3.63) is 59.4 Å². The van der Waals surface area contributed by atoms with Gasteiger partial charge >= 0.3 is 0 Å². The molecule has 3 rings (SSSR count). The Hall–Kier alpha value is -2.49. The van der Waals surface area contributed by atoms with E-state index in [4.69, 9.17) is 4.74 Å². The molecule has 0 atom stereocenters. The standard InChI is InChI=1S/C22H30N4O4S/c1-18-4-5-20(16-21(18)24-31(2,28)29)22(27)26(17-19-6-8-23-9-7-19)11-3-10-25-12-14-30-15-13-25/h4-9,16,24H,3,10-15,17H2,1-2H3. The molecule has 168 valence electrons. The first-order valence-corrected chi connectivity index (χ1v) is 12.3. The molecule has 0 aliphatic carbocycles. The molecule has 8 nitrogen and oxygen atoms in total. The first-order valence-electron chi connectivity index (χ1n) is 10.4. The molecular formula is C22H30N4O4S. The number of rotatable bonds is 9. The molecule has 0 spiro atoms. The van der Waals surface area contributed by atoms with E-state index in [9.17, 15) is 13.2 Å². The molecule has 0 radical (unpaired) electrons. The van der Waals surface area contributed by atoms with Crippen molar-refractivity contribution >= 4 is 21.6 Å². The second-order valence-electron chi connectivity index (χ2n) is 7.79. The number of pyridine rings is 1. The number of anilines is 1. The van der Waals surface area contributed by atoms with Crippen LogP contribution < -0.4 is 4.72 Å². The zero-order valence-electron chi connectivity index (χ0n) is 18.1. The Morgan fingerprint density at radius 1 is 1.19 bits per heavy atom. The summed E-state index contributed by atoms with van der Waals surface area (Å²) in [6, 6.07) is 8.91. The number of aromatic nitrogens is 1. The molecule has 0 unspecified atom stereocenters. The van der Waals surface area contributed by atoms with Crippen molar-refractivity contribution in [3.8, 4) is 0 Å². The molecule has 1 N–H and O–H groups in total. The zero-order valence-corrected chi connectivity index (χ0v) is 18.9. The number of amides is 1. The molecule has 2 heterocycles. The topological polar surface area (TPSA) is 91.8 Å². The van der Waals surface area contributed by atoms with E-state index in [0.717, 1.165) is 56.7 Å². The van der Waals surface area contributed by atoms with Gasteiger partial charge in [0.1, 0.15) is 0 Å². The fourth-order valence-electron chi connectivity index (χ4n) is 3.52. The third kappa shape index (κ3) is 7.30. The third-order valence-corrected chi connectivity index (χ3v) is 5.79. The summed E-state index contributed by atoms with van der Waals surface area (Å²) in [5, 5.41) is 0. The van der Waals surface area contributed by atoms with Gasteiger partial charge in [0.15, 0.2) is 0 Å². The molecule has 1 amide bonds. The largest absolute Gasteiger partial charge is 0.379 e. The van der Waals surface area contributed by atoms with Gasteiger partial charge in [-0.15, -0.1) is 0 Å². The van der Waals surface area contributed by atoms with Gasteiger partial charge in [0.05, 0.1) is 25.2 Å². The van der Waals surface area contributed by atoms with Crippen LogP contribution in [0, 0.1) is 6.92 Å². The maximum absolute atomic E-state index is 13.4. The summed E-state index contributed by atoms with van der Waals surface area (Å²) in [4.78, 5) is 21.6. The molecule has 1 saturated heterocycles. The van der Waals surface area contributed by atoms with Crippen molar-refractivity contribution in [1.82, 2.24) is 14.8 Å². The van der Waals surface area contributed by atoms with Crippen LogP contribution in [0.2, 0.25) is 0 Å². The van der Waals surface area contributed by atoms with Gasteiger partial charge in [0, 0.05) is 50.7 Å².